The Morgan fingerprint density at radius 3 is 2.23 bits per heavy atom. The number of amides is 2. The molecule has 0 heterocycles. The minimum Gasteiger partial charge on any atom is -0.493 e. The van der Waals surface area contributed by atoms with Crippen molar-refractivity contribution < 1.29 is 23.8 Å². The van der Waals surface area contributed by atoms with Gasteiger partial charge in [0.15, 0.2) is 11.5 Å². The maximum atomic E-state index is 12.4. The highest BCUT2D eigenvalue weighted by molar-refractivity contribution is 5.98. The summed E-state index contributed by atoms with van der Waals surface area (Å²) >= 11 is 0. The third kappa shape index (κ3) is 5.53. The van der Waals surface area contributed by atoms with Gasteiger partial charge in [0.2, 0.25) is 17.6 Å². The topological polar surface area (TPSA) is 77.1 Å². The van der Waals surface area contributed by atoms with Crippen LogP contribution in [0.4, 0.5) is 5.69 Å². The number of carbonyl (C=O) groups excluding carboxylic acids is 2. The van der Waals surface area contributed by atoms with Crippen LogP contribution in [0.25, 0.3) is 6.08 Å². The van der Waals surface area contributed by atoms with E-state index in [0.717, 1.165) is 16.8 Å². The molecule has 30 heavy (non-hydrogen) atoms. The molecule has 0 spiro atoms. The number of hydrogen-bond acceptors (Lipinski definition) is 5. The molecule has 0 aromatic heterocycles. The number of nitrogens with zero attached hydrogens (tertiary/aromatic N) is 1. The quantitative estimate of drug-likeness (QED) is 0.672. The molecule has 0 aliphatic carbocycles. The van der Waals surface area contributed by atoms with E-state index in [1.165, 1.54) is 32.3 Å². The maximum Gasteiger partial charge on any atom is 0.246 e. The van der Waals surface area contributed by atoms with Crippen LogP contribution in [0.2, 0.25) is 0 Å². The molecule has 1 N–H and O–H groups in total. The van der Waals surface area contributed by atoms with Gasteiger partial charge in [0, 0.05) is 18.8 Å². The monoisotopic (exact) mass is 412 g/mol. The zero-order valence-electron chi connectivity index (χ0n) is 18.2. The van der Waals surface area contributed by atoms with Crippen molar-refractivity contribution in [3.63, 3.8) is 0 Å². The van der Waals surface area contributed by atoms with Gasteiger partial charge in [-0.2, -0.15) is 0 Å². The zero-order valence-corrected chi connectivity index (χ0v) is 18.2. The number of anilines is 1. The SMILES string of the molecule is COc1cc(/C=C/C(=O)N(C)CC(=O)Nc2cccc(C)c2C)cc(OC)c1OC. The third-order valence-corrected chi connectivity index (χ3v) is 4.74. The van der Waals surface area contributed by atoms with E-state index in [1.807, 2.05) is 32.0 Å². The summed E-state index contributed by atoms with van der Waals surface area (Å²) in [6.07, 6.45) is 3.03. The summed E-state index contributed by atoms with van der Waals surface area (Å²) in [7, 11) is 6.15. The Balaban J connectivity index is 2.05. The average Bonchev–Trinajstić information content (AvgIpc) is 2.74. The summed E-state index contributed by atoms with van der Waals surface area (Å²) in [4.78, 5) is 26.1. The predicted molar refractivity (Wildman–Crippen MR) is 117 cm³/mol. The number of hydrogen-bond donors (Lipinski definition) is 1. The Labute approximate surface area is 177 Å². The van der Waals surface area contributed by atoms with E-state index in [9.17, 15) is 9.59 Å². The van der Waals surface area contributed by atoms with E-state index in [0.29, 0.717) is 22.8 Å². The molecule has 2 amide bonds. The Morgan fingerprint density at radius 2 is 1.67 bits per heavy atom. The van der Waals surface area contributed by atoms with Crippen LogP contribution in [-0.2, 0) is 9.59 Å². The molecule has 0 aliphatic heterocycles. The summed E-state index contributed by atoms with van der Waals surface area (Å²) in [5.41, 5.74) is 3.53. The molecule has 0 saturated carbocycles. The van der Waals surface area contributed by atoms with Gasteiger partial charge in [0.25, 0.3) is 0 Å². The first-order valence-corrected chi connectivity index (χ1v) is 9.40. The van der Waals surface area contributed by atoms with Crippen molar-refractivity contribution in [1.29, 1.82) is 0 Å². The molecule has 0 saturated heterocycles. The number of likely N-dealkylation sites (N-methyl/N-ethyl adjacent to an activating group) is 1. The van der Waals surface area contributed by atoms with E-state index < -0.39 is 0 Å². The summed E-state index contributed by atoms with van der Waals surface area (Å²) in [6.45, 7) is 3.86. The first-order valence-electron chi connectivity index (χ1n) is 9.40. The number of rotatable bonds is 8. The summed E-state index contributed by atoms with van der Waals surface area (Å²) in [5.74, 6) is 0.889. The minimum absolute atomic E-state index is 0.0637. The Bertz CT molecular complexity index is 928. The van der Waals surface area contributed by atoms with Gasteiger partial charge in [-0.15, -0.1) is 0 Å². The molecule has 2 aromatic rings. The van der Waals surface area contributed by atoms with Crippen molar-refractivity contribution in [1.82, 2.24) is 4.90 Å². The number of nitrogens with one attached hydrogen (secondary N) is 1. The van der Waals surface area contributed by atoms with Crippen molar-refractivity contribution in [2.45, 2.75) is 13.8 Å². The average molecular weight is 412 g/mol. The van der Waals surface area contributed by atoms with E-state index in [4.69, 9.17) is 14.2 Å². The van der Waals surface area contributed by atoms with E-state index >= 15 is 0 Å². The second-order valence-corrected chi connectivity index (χ2v) is 6.78. The van der Waals surface area contributed by atoms with Crippen LogP contribution in [0, 0.1) is 13.8 Å². The summed E-state index contributed by atoms with van der Waals surface area (Å²) in [6, 6.07) is 9.17. The Kier molecular flexibility index (Phi) is 7.86. The van der Waals surface area contributed by atoms with Gasteiger partial charge in [-0.05, 0) is 54.8 Å². The van der Waals surface area contributed by atoms with Gasteiger partial charge in [-0.3, -0.25) is 9.59 Å². The van der Waals surface area contributed by atoms with Crippen molar-refractivity contribution >= 4 is 23.6 Å². The fourth-order valence-corrected chi connectivity index (χ4v) is 2.86. The lowest BCUT2D eigenvalue weighted by atomic mass is 10.1. The van der Waals surface area contributed by atoms with Crippen molar-refractivity contribution in [2.24, 2.45) is 0 Å². The molecule has 2 rings (SSSR count). The Hall–Kier alpha value is -3.48. The largest absolute Gasteiger partial charge is 0.493 e. The molecule has 7 heteroatoms. The van der Waals surface area contributed by atoms with Crippen LogP contribution in [-0.4, -0.2) is 51.6 Å². The molecule has 7 nitrogen and oxygen atoms in total. The van der Waals surface area contributed by atoms with E-state index in [-0.39, 0.29) is 18.4 Å². The van der Waals surface area contributed by atoms with Crippen molar-refractivity contribution in [2.75, 3.05) is 40.2 Å². The zero-order chi connectivity index (χ0) is 22.3. The molecular formula is C23H28N2O5. The summed E-state index contributed by atoms with van der Waals surface area (Å²) < 4.78 is 15.9. The fourth-order valence-electron chi connectivity index (χ4n) is 2.86. The molecule has 0 unspecified atom stereocenters. The third-order valence-electron chi connectivity index (χ3n) is 4.74. The lowest BCUT2D eigenvalue weighted by molar-refractivity contribution is -0.129. The highest BCUT2D eigenvalue weighted by atomic mass is 16.5. The molecule has 0 fully saturated rings. The lowest BCUT2D eigenvalue weighted by Crippen LogP contribution is -2.34. The van der Waals surface area contributed by atoms with Crippen molar-refractivity contribution in [3.05, 3.63) is 53.1 Å². The highest BCUT2D eigenvalue weighted by Gasteiger charge is 2.14. The molecule has 0 bridgehead atoms. The number of aryl methyl sites for hydroxylation is 1. The van der Waals surface area contributed by atoms with E-state index in [1.54, 1.807) is 25.3 Å². The van der Waals surface area contributed by atoms with Gasteiger partial charge >= 0.3 is 0 Å². The molecule has 160 valence electrons. The maximum absolute atomic E-state index is 12.4. The summed E-state index contributed by atoms with van der Waals surface area (Å²) in [5, 5.41) is 2.85. The Morgan fingerprint density at radius 1 is 1.03 bits per heavy atom. The van der Waals surface area contributed by atoms with Crippen LogP contribution in [0.5, 0.6) is 17.2 Å². The molecule has 0 atom stereocenters. The smallest absolute Gasteiger partial charge is 0.246 e. The molecule has 0 aliphatic rings. The molecule has 0 radical (unpaired) electrons. The van der Waals surface area contributed by atoms with Crippen LogP contribution in [0.1, 0.15) is 16.7 Å². The lowest BCUT2D eigenvalue weighted by Gasteiger charge is -2.16. The molecular weight excluding hydrogens is 384 g/mol. The van der Waals surface area contributed by atoms with Crippen LogP contribution >= 0.6 is 0 Å². The first kappa shape index (κ1) is 22.8. The van der Waals surface area contributed by atoms with Crippen LogP contribution in [0.15, 0.2) is 36.4 Å². The van der Waals surface area contributed by atoms with Gasteiger partial charge in [-0.25, -0.2) is 0 Å². The normalized spacial score (nSPS) is 10.6. The fraction of sp³-hybridized carbons (Fsp3) is 0.304. The van der Waals surface area contributed by atoms with Gasteiger partial charge in [-0.1, -0.05) is 12.1 Å². The van der Waals surface area contributed by atoms with E-state index in [2.05, 4.69) is 5.32 Å². The number of benzene rings is 2. The first-order chi connectivity index (χ1) is 14.3. The van der Waals surface area contributed by atoms with Crippen LogP contribution < -0.4 is 19.5 Å². The second-order valence-electron chi connectivity index (χ2n) is 6.78. The van der Waals surface area contributed by atoms with Crippen LogP contribution in [0.3, 0.4) is 0 Å². The number of carbonyl (C=O) groups is 2. The van der Waals surface area contributed by atoms with Crippen molar-refractivity contribution in [3.8, 4) is 17.2 Å². The standard InChI is InChI=1S/C23H28N2O5/c1-15-8-7-9-18(16(15)2)24-21(26)14-25(3)22(27)11-10-17-12-19(28-4)23(30-6)20(13-17)29-5/h7-13H,14H2,1-6H3,(H,24,26)/b11-10+. The second kappa shape index (κ2) is 10.3. The predicted octanol–water partition coefficient (Wildman–Crippen LogP) is 3.44. The number of methoxy groups -OCH3 is 3. The highest BCUT2D eigenvalue weighted by Crippen LogP contribution is 2.38. The number of ether oxygens (including phenoxy) is 3. The van der Waals surface area contributed by atoms with Gasteiger partial charge in [0.05, 0.1) is 27.9 Å². The van der Waals surface area contributed by atoms with Gasteiger partial charge < -0.3 is 24.4 Å². The minimum atomic E-state index is -0.306. The molecule has 2 aromatic carbocycles. The van der Waals surface area contributed by atoms with Gasteiger partial charge in [0.1, 0.15) is 0 Å².